The lowest BCUT2D eigenvalue weighted by atomic mass is 10.1. The summed E-state index contributed by atoms with van der Waals surface area (Å²) in [6, 6.07) is 0.717. The van der Waals surface area contributed by atoms with Crippen LogP contribution in [0.2, 0.25) is 0 Å². The Morgan fingerprint density at radius 3 is 2.68 bits per heavy atom. The van der Waals surface area contributed by atoms with Crippen molar-refractivity contribution >= 4 is 5.82 Å². The highest BCUT2D eigenvalue weighted by molar-refractivity contribution is 5.37. The highest BCUT2D eigenvalue weighted by atomic mass is 16.1. The molecule has 0 aliphatic heterocycles. The van der Waals surface area contributed by atoms with Gasteiger partial charge in [0, 0.05) is 37.6 Å². The first kappa shape index (κ1) is 14.1. The van der Waals surface area contributed by atoms with E-state index in [1.54, 1.807) is 12.4 Å². The fourth-order valence-electron chi connectivity index (χ4n) is 2.58. The number of anilines is 1. The summed E-state index contributed by atoms with van der Waals surface area (Å²) < 4.78 is 1.83. The van der Waals surface area contributed by atoms with Crippen LogP contribution in [0.15, 0.2) is 17.2 Å². The third-order valence-electron chi connectivity index (χ3n) is 3.82. The second kappa shape index (κ2) is 6.19. The topological polar surface area (TPSA) is 64.2 Å². The second-order valence-electron chi connectivity index (χ2n) is 5.15. The molecule has 0 unspecified atom stereocenters. The smallest absolute Gasteiger partial charge is 0.293 e. The van der Waals surface area contributed by atoms with Crippen molar-refractivity contribution < 1.29 is 0 Å². The summed E-state index contributed by atoms with van der Waals surface area (Å²) in [4.78, 5) is 18.9. The summed E-state index contributed by atoms with van der Waals surface area (Å²) in [5.41, 5.74) is 5.73. The van der Waals surface area contributed by atoms with Crippen molar-refractivity contribution in [3.8, 4) is 0 Å². The van der Waals surface area contributed by atoms with Gasteiger partial charge < -0.3 is 15.2 Å². The molecule has 0 amide bonds. The van der Waals surface area contributed by atoms with Crippen molar-refractivity contribution in [2.75, 3.05) is 18.0 Å². The van der Waals surface area contributed by atoms with E-state index in [9.17, 15) is 4.79 Å². The third-order valence-corrected chi connectivity index (χ3v) is 3.82. The van der Waals surface area contributed by atoms with Crippen molar-refractivity contribution in [3.05, 3.63) is 22.7 Å². The van der Waals surface area contributed by atoms with Gasteiger partial charge in [-0.05, 0) is 25.7 Å². The molecule has 1 aliphatic rings. The number of nitrogens with two attached hydrogens (primary N) is 1. The Morgan fingerprint density at radius 2 is 2.16 bits per heavy atom. The Hall–Kier alpha value is -1.36. The van der Waals surface area contributed by atoms with Crippen LogP contribution in [0.5, 0.6) is 0 Å². The van der Waals surface area contributed by atoms with Crippen LogP contribution in [-0.2, 0) is 0 Å². The zero-order valence-electron chi connectivity index (χ0n) is 11.9. The van der Waals surface area contributed by atoms with E-state index in [4.69, 9.17) is 5.73 Å². The van der Waals surface area contributed by atoms with Crippen LogP contribution in [0.3, 0.4) is 0 Å². The molecule has 2 N–H and O–H groups in total. The van der Waals surface area contributed by atoms with Crippen LogP contribution in [0.4, 0.5) is 5.82 Å². The molecule has 0 spiro atoms. The Balaban J connectivity index is 2.35. The number of hydrogen-bond donors (Lipinski definition) is 1. The summed E-state index contributed by atoms with van der Waals surface area (Å²) in [7, 11) is 0. The number of rotatable bonds is 7. The number of nitrogens with zero attached hydrogens (tertiary/aromatic N) is 3. The van der Waals surface area contributed by atoms with Crippen molar-refractivity contribution in [2.45, 2.75) is 51.6 Å². The third kappa shape index (κ3) is 2.97. The summed E-state index contributed by atoms with van der Waals surface area (Å²) in [5, 5.41) is 0. The van der Waals surface area contributed by atoms with Crippen molar-refractivity contribution in [1.29, 1.82) is 0 Å². The van der Waals surface area contributed by atoms with E-state index in [-0.39, 0.29) is 5.56 Å². The van der Waals surface area contributed by atoms with E-state index < -0.39 is 0 Å². The Bertz CT molecular complexity index is 463. The molecule has 1 heterocycles. The molecule has 2 rings (SSSR count). The molecule has 5 nitrogen and oxygen atoms in total. The largest absolute Gasteiger partial charge is 0.348 e. The molecular weight excluding hydrogens is 240 g/mol. The van der Waals surface area contributed by atoms with E-state index >= 15 is 0 Å². The lowest BCUT2D eigenvalue weighted by molar-refractivity contribution is 0.546. The zero-order chi connectivity index (χ0) is 13.8. The van der Waals surface area contributed by atoms with Gasteiger partial charge in [0.25, 0.3) is 5.56 Å². The first-order chi connectivity index (χ1) is 9.22. The van der Waals surface area contributed by atoms with Crippen LogP contribution < -0.4 is 16.2 Å². The Morgan fingerprint density at radius 1 is 1.47 bits per heavy atom. The van der Waals surface area contributed by atoms with Crippen molar-refractivity contribution in [2.24, 2.45) is 5.73 Å². The van der Waals surface area contributed by atoms with Crippen LogP contribution in [-0.4, -0.2) is 28.7 Å². The van der Waals surface area contributed by atoms with Gasteiger partial charge in [0.05, 0.1) is 0 Å². The van der Waals surface area contributed by atoms with E-state index in [0.29, 0.717) is 31.0 Å². The highest BCUT2D eigenvalue weighted by Gasteiger charge is 2.27. The molecular formula is C14H24N4O. The predicted molar refractivity (Wildman–Crippen MR) is 77.5 cm³/mol. The molecule has 19 heavy (non-hydrogen) atoms. The minimum Gasteiger partial charge on any atom is -0.348 e. The molecule has 0 radical (unpaired) electrons. The molecule has 0 atom stereocenters. The van der Waals surface area contributed by atoms with E-state index in [1.807, 2.05) is 4.57 Å². The molecule has 5 heteroatoms. The molecule has 1 aromatic rings. The maximum Gasteiger partial charge on any atom is 0.293 e. The average Bonchev–Trinajstić information content (AvgIpc) is 3.24. The van der Waals surface area contributed by atoms with Gasteiger partial charge in [-0.2, -0.15) is 0 Å². The zero-order valence-corrected chi connectivity index (χ0v) is 11.9. The van der Waals surface area contributed by atoms with Gasteiger partial charge in [0.1, 0.15) is 0 Å². The standard InChI is InChI=1S/C14H24N4O/c1-3-11(4-2)17(9-7-15)13-14(19)18(10-8-16-13)12-5-6-12/h8,10-12H,3-7,9,15H2,1-2H3. The van der Waals surface area contributed by atoms with Crippen LogP contribution in [0.1, 0.15) is 45.6 Å². The van der Waals surface area contributed by atoms with Gasteiger partial charge in [-0.25, -0.2) is 4.98 Å². The van der Waals surface area contributed by atoms with Crippen LogP contribution in [0, 0.1) is 0 Å². The molecule has 0 aromatic carbocycles. The van der Waals surface area contributed by atoms with E-state index in [2.05, 4.69) is 23.7 Å². The summed E-state index contributed by atoms with van der Waals surface area (Å²) in [6.45, 7) is 5.50. The molecule has 1 fully saturated rings. The van der Waals surface area contributed by atoms with Gasteiger partial charge >= 0.3 is 0 Å². The first-order valence-electron chi connectivity index (χ1n) is 7.26. The van der Waals surface area contributed by atoms with Crippen LogP contribution >= 0.6 is 0 Å². The quantitative estimate of drug-likeness (QED) is 0.811. The molecule has 0 bridgehead atoms. The van der Waals surface area contributed by atoms with Gasteiger partial charge in [0.15, 0.2) is 5.82 Å². The predicted octanol–water partition coefficient (Wildman–Crippen LogP) is 1.53. The minimum atomic E-state index is 0.0327. The summed E-state index contributed by atoms with van der Waals surface area (Å²) in [6.07, 6.45) is 7.74. The number of aromatic nitrogens is 2. The SMILES string of the molecule is CCC(CC)N(CCN)c1nccn(C2CC2)c1=O. The molecule has 1 saturated carbocycles. The first-order valence-corrected chi connectivity index (χ1v) is 7.26. The Kier molecular flexibility index (Phi) is 4.58. The fourth-order valence-corrected chi connectivity index (χ4v) is 2.58. The average molecular weight is 264 g/mol. The van der Waals surface area contributed by atoms with Crippen molar-refractivity contribution in [1.82, 2.24) is 9.55 Å². The van der Waals surface area contributed by atoms with Gasteiger partial charge in [-0.15, -0.1) is 0 Å². The monoisotopic (exact) mass is 264 g/mol. The maximum absolute atomic E-state index is 12.5. The van der Waals surface area contributed by atoms with E-state index in [1.165, 1.54) is 0 Å². The molecule has 1 aromatic heterocycles. The lowest BCUT2D eigenvalue weighted by Gasteiger charge is -2.30. The Labute approximate surface area is 114 Å². The molecule has 106 valence electrons. The van der Waals surface area contributed by atoms with Crippen LogP contribution in [0.25, 0.3) is 0 Å². The van der Waals surface area contributed by atoms with Gasteiger partial charge in [-0.3, -0.25) is 4.79 Å². The minimum absolute atomic E-state index is 0.0327. The summed E-state index contributed by atoms with van der Waals surface area (Å²) >= 11 is 0. The summed E-state index contributed by atoms with van der Waals surface area (Å²) in [5.74, 6) is 0.563. The highest BCUT2D eigenvalue weighted by Crippen LogP contribution is 2.33. The van der Waals surface area contributed by atoms with Gasteiger partial charge in [-0.1, -0.05) is 13.8 Å². The maximum atomic E-state index is 12.5. The second-order valence-corrected chi connectivity index (χ2v) is 5.15. The molecule has 1 aliphatic carbocycles. The van der Waals surface area contributed by atoms with Crippen molar-refractivity contribution in [3.63, 3.8) is 0 Å². The fraction of sp³-hybridized carbons (Fsp3) is 0.714. The van der Waals surface area contributed by atoms with Gasteiger partial charge in [0.2, 0.25) is 0 Å². The lowest BCUT2D eigenvalue weighted by Crippen LogP contribution is -2.43. The normalized spacial score (nSPS) is 14.9. The van der Waals surface area contributed by atoms with E-state index in [0.717, 1.165) is 25.7 Å². The molecule has 0 saturated heterocycles. The number of hydrogen-bond acceptors (Lipinski definition) is 4.